The van der Waals surface area contributed by atoms with Crippen molar-refractivity contribution in [1.82, 2.24) is 9.97 Å². The lowest BCUT2D eigenvalue weighted by molar-refractivity contribution is 0.00578. The van der Waals surface area contributed by atoms with Crippen LogP contribution in [0.15, 0.2) is 344 Å². The number of halogens is 1. The molecule has 19 rings (SSSR count). The van der Waals surface area contributed by atoms with Gasteiger partial charge in [-0.2, -0.15) is 10.5 Å². The standard InChI is InChI=1S/C45H28N2.C44H36BNO2.C7H4BrN/c46-29-30-19-21-31(22-20-30)32-23-25-33(26-24-32)44-38-27-28-40-43(42(38)37-16-8-10-18-41(37)47-44)36-15-7-9-17-39(36)45(40,34-11-3-1-4-12-34)35-13-5-2-6-14-35;1-42(2)43(3,4)48-45(47-42)32-25-23-29(24-26-32)41-35-27-28-37-40(39(35)34-20-12-14-22-38(34)46-41)33-19-11-13-21-36(33)44(37,30-15-7-5-8-16-30)31-17-9-6-10-18-31;8-7-3-1-6(5-9)2-4-7/h1-28H;5-28H,1-4H3;1-4H. The van der Waals surface area contributed by atoms with Crippen LogP contribution in [-0.2, 0) is 20.1 Å². The summed E-state index contributed by atoms with van der Waals surface area (Å²) in [6.07, 6.45) is 0. The summed E-state index contributed by atoms with van der Waals surface area (Å²) in [5.74, 6) is 0. The molecular formula is C96H68BBrN4O2. The molecule has 0 bridgehead atoms. The molecule has 6 nitrogen and oxygen atoms in total. The van der Waals surface area contributed by atoms with Crippen molar-refractivity contribution in [2.45, 2.75) is 49.7 Å². The van der Waals surface area contributed by atoms with E-state index in [1.54, 1.807) is 12.1 Å². The monoisotopic (exact) mass is 1400 g/mol. The highest BCUT2D eigenvalue weighted by atomic mass is 79.9. The van der Waals surface area contributed by atoms with Crippen LogP contribution in [0.1, 0.15) is 83.3 Å². The lowest BCUT2D eigenvalue weighted by atomic mass is 9.67. The summed E-state index contributed by atoms with van der Waals surface area (Å²) in [5, 5.41) is 24.7. The van der Waals surface area contributed by atoms with Crippen molar-refractivity contribution in [2.24, 2.45) is 0 Å². The maximum absolute atomic E-state index is 9.22. The highest BCUT2D eigenvalue weighted by Crippen LogP contribution is 2.61. The van der Waals surface area contributed by atoms with Crippen LogP contribution in [0.2, 0.25) is 0 Å². The molecule has 3 aliphatic rings. The minimum Gasteiger partial charge on any atom is -0.399 e. The molecule has 0 amide bonds. The second kappa shape index (κ2) is 26.4. The van der Waals surface area contributed by atoms with E-state index in [4.69, 9.17) is 24.5 Å². The Labute approximate surface area is 615 Å². The number of aromatic nitrogens is 2. The van der Waals surface area contributed by atoms with Crippen LogP contribution in [0.5, 0.6) is 0 Å². The number of hydrogen-bond donors (Lipinski definition) is 0. The normalized spacial score (nSPS) is 14.4. The van der Waals surface area contributed by atoms with Gasteiger partial charge in [-0.3, -0.25) is 0 Å². The molecule has 0 saturated carbocycles. The highest BCUT2D eigenvalue weighted by Gasteiger charge is 2.52. The molecule has 3 heterocycles. The van der Waals surface area contributed by atoms with Crippen LogP contribution >= 0.6 is 15.9 Å². The quantitative estimate of drug-likeness (QED) is 0.111. The van der Waals surface area contributed by atoms with Crippen molar-refractivity contribution in [3.05, 3.63) is 400 Å². The molecule has 104 heavy (non-hydrogen) atoms. The Morgan fingerprint density at radius 2 is 0.644 bits per heavy atom. The summed E-state index contributed by atoms with van der Waals surface area (Å²) < 4.78 is 13.7. The summed E-state index contributed by atoms with van der Waals surface area (Å²) in [4.78, 5) is 10.6. The Morgan fingerprint density at radius 1 is 0.317 bits per heavy atom. The van der Waals surface area contributed by atoms with E-state index >= 15 is 0 Å². The fourth-order valence-electron chi connectivity index (χ4n) is 16.2. The van der Waals surface area contributed by atoms with Gasteiger partial charge in [0.2, 0.25) is 0 Å². The predicted molar refractivity (Wildman–Crippen MR) is 429 cm³/mol. The number of rotatable bonds is 8. The van der Waals surface area contributed by atoms with Crippen molar-refractivity contribution in [1.29, 1.82) is 10.5 Å². The fraction of sp³-hybridized carbons (Fsp3) is 0.0833. The fourth-order valence-corrected chi connectivity index (χ4v) is 16.5. The summed E-state index contributed by atoms with van der Waals surface area (Å²) in [7, 11) is -0.408. The first-order valence-electron chi connectivity index (χ1n) is 35.3. The largest absolute Gasteiger partial charge is 0.494 e. The van der Waals surface area contributed by atoms with Gasteiger partial charge >= 0.3 is 7.12 Å². The third-order valence-electron chi connectivity index (χ3n) is 21.8. The Kier molecular flexibility index (Phi) is 16.5. The smallest absolute Gasteiger partial charge is 0.399 e. The second-order valence-corrected chi connectivity index (χ2v) is 28.8. The van der Waals surface area contributed by atoms with Gasteiger partial charge in [0, 0.05) is 47.9 Å². The lowest BCUT2D eigenvalue weighted by Crippen LogP contribution is -2.41. The van der Waals surface area contributed by atoms with Gasteiger partial charge in [0.15, 0.2) is 0 Å². The zero-order valence-electron chi connectivity index (χ0n) is 57.9. The van der Waals surface area contributed by atoms with E-state index in [0.29, 0.717) is 11.1 Å². The first kappa shape index (κ1) is 65.2. The van der Waals surface area contributed by atoms with E-state index in [1.807, 2.05) is 42.5 Å². The molecule has 0 atom stereocenters. The number of pyridine rings is 2. The van der Waals surface area contributed by atoms with Gasteiger partial charge in [-0.05, 0) is 160 Å². The minimum absolute atomic E-state index is 0.391. The van der Waals surface area contributed by atoms with Crippen LogP contribution in [0.3, 0.4) is 0 Å². The molecule has 1 saturated heterocycles. The Morgan fingerprint density at radius 3 is 1.04 bits per heavy atom. The molecule has 16 aromatic rings. The Bertz CT molecular complexity index is 5960. The summed E-state index contributed by atoms with van der Waals surface area (Å²) >= 11 is 3.27. The van der Waals surface area contributed by atoms with Gasteiger partial charge in [0.05, 0.1) is 67.7 Å². The minimum atomic E-state index is -0.462. The molecule has 8 heteroatoms. The van der Waals surface area contributed by atoms with E-state index in [2.05, 4.69) is 341 Å². The first-order chi connectivity index (χ1) is 50.9. The SMILES string of the molecule is CC1(C)OB(c2ccc(-c3nc4ccccc4c4c5c(ccc34)C(c3ccccc3)(c3ccccc3)c3ccccc3-5)cc2)OC1(C)C.N#Cc1ccc(-c2ccc(-c3nc4ccccc4c4c5c(ccc34)C(c3ccccc3)(c3ccccc3)c3ccccc3-5)cc2)cc1.N#Cc1ccc(Br)cc1. The molecule has 2 aromatic heterocycles. The van der Waals surface area contributed by atoms with Crippen LogP contribution in [0.25, 0.3) is 99.2 Å². The number of para-hydroxylation sites is 2. The van der Waals surface area contributed by atoms with Gasteiger partial charge in [-0.1, -0.05) is 307 Å². The summed E-state index contributed by atoms with van der Waals surface area (Å²) in [6, 6.07) is 125. The van der Waals surface area contributed by atoms with Crippen LogP contribution in [0.4, 0.5) is 0 Å². The third-order valence-corrected chi connectivity index (χ3v) is 22.3. The van der Waals surface area contributed by atoms with E-state index in [1.165, 1.54) is 77.5 Å². The summed E-state index contributed by atoms with van der Waals surface area (Å²) in [6.45, 7) is 8.36. The average Bonchev–Trinajstić information content (AvgIpc) is 1.52. The number of fused-ring (bicyclic) bond motifs is 14. The van der Waals surface area contributed by atoms with Gasteiger partial charge in [-0.25, -0.2) is 9.97 Å². The van der Waals surface area contributed by atoms with Gasteiger partial charge in [0.25, 0.3) is 0 Å². The molecule has 0 unspecified atom stereocenters. The van der Waals surface area contributed by atoms with Crippen molar-refractivity contribution >= 4 is 71.9 Å². The van der Waals surface area contributed by atoms with Gasteiger partial charge in [0.1, 0.15) is 0 Å². The number of nitrogens with zero attached hydrogens (tertiary/aromatic N) is 4. The average molecular weight is 1400 g/mol. The molecule has 14 aromatic carbocycles. The predicted octanol–water partition coefficient (Wildman–Crippen LogP) is 23.0. The zero-order valence-corrected chi connectivity index (χ0v) is 59.5. The maximum atomic E-state index is 9.22. The number of hydrogen-bond acceptors (Lipinski definition) is 6. The zero-order chi connectivity index (χ0) is 70.7. The van der Waals surface area contributed by atoms with Crippen molar-refractivity contribution in [3.63, 3.8) is 0 Å². The van der Waals surface area contributed by atoms with Gasteiger partial charge < -0.3 is 9.31 Å². The first-order valence-corrected chi connectivity index (χ1v) is 36.1. The third kappa shape index (κ3) is 10.8. The molecule has 0 radical (unpaired) electrons. The highest BCUT2D eigenvalue weighted by molar-refractivity contribution is 9.10. The van der Waals surface area contributed by atoms with E-state index in [9.17, 15) is 5.26 Å². The topological polar surface area (TPSA) is 91.8 Å². The molecular weight excluding hydrogens is 1330 g/mol. The molecule has 0 spiro atoms. The molecule has 0 N–H and O–H groups in total. The van der Waals surface area contributed by atoms with Crippen molar-refractivity contribution in [3.8, 4) is 68.0 Å². The van der Waals surface area contributed by atoms with E-state index in [0.717, 1.165) is 76.2 Å². The van der Waals surface area contributed by atoms with E-state index < -0.39 is 29.2 Å². The van der Waals surface area contributed by atoms with E-state index in [-0.39, 0.29) is 0 Å². The molecule has 1 aliphatic heterocycles. The van der Waals surface area contributed by atoms with Crippen LogP contribution in [0, 0.1) is 22.7 Å². The Balaban J connectivity index is 0.000000137. The number of nitriles is 2. The number of benzene rings is 14. The van der Waals surface area contributed by atoms with Gasteiger partial charge in [-0.15, -0.1) is 0 Å². The molecule has 1 fully saturated rings. The molecule has 2 aliphatic carbocycles. The Hall–Kier alpha value is -12.1. The maximum Gasteiger partial charge on any atom is 0.494 e. The van der Waals surface area contributed by atoms with Crippen molar-refractivity contribution < 1.29 is 9.31 Å². The van der Waals surface area contributed by atoms with Crippen LogP contribution in [-0.4, -0.2) is 28.3 Å². The lowest BCUT2D eigenvalue weighted by Gasteiger charge is -2.34. The van der Waals surface area contributed by atoms with Crippen LogP contribution < -0.4 is 5.46 Å². The summed E-state index contributed by atoms with van der Waals surface area (Å²) in [5.41, 5.74) is 24.2. The van der Waals surface area contributed by atoms with Crippen molar-refractivity contribution in [2.75, 3.05) is 0 Å². The molecule has 494 valence electrons. The second-order valence-electron chi connectivity index (χ2n) is 27.9.